The third kappa shape index (κ3) is 1.99. The van der Waals surface area contributed by atoms with E-state index in [1.54, 1.807) is 6.92 Å². The zero-order valence-electron chi connectivity index (χ0n) is 6.21. The van der Waals surface area contributed by atoms with Crippen LogP contribution < -0.4 is 0 Å². The van der Waals surface area contributed by atoms with Crippen LogP contribution in [0.2, 0.25) is 0 Å². The van der Waals surface area contributed by atoms with E-state index in [1.165, 1.54) is 0 Å². The molecule has 1 aliphatic heterocycles. The third-order valence-electron chi connectivity index (χ3n) is 1.97. The quantitative estimate of drug-likeness (QED) is 0.579. The molecule has 0 bridgehead atoms. The van der Waals surface area contributed by atoms with Gasteiger partial charge in [-0.2, -0.15) is 0 Å². The molecule has 0 radical (unpaired) electrons. The topological polar surface area (TPSA) is 20.3 Å². The summed E-state index contributed by atoms with van der Waals surface area (Å²) in [6.07, 6.45) is 2.15. The van der Waals surface area contributed by atoms with Gasteiger partial charge in [-0.15, -0.1) is 0 Å². The SMILES string of the molecule is CC(=O)C1CCCN(S)C1. The molecule has 1 heterocycles. The van der Waals surface area contributed by atoms with Gasteiger partial charge in [-0.05, 0) is 19.8 Å². The summed E-state index contributed by atoms with van der Waals surface area (Å²) in [5.41, 5.74) is 0. The Balaban J connectivity index is 2.39. The lowest BCUT2D eigenvalue weighted by Crippen LogP contribution is -2.32. The minimum Gasteiger partial charge on any atom is -0.300 e. The summed E-state index contributed by atoms with van der Waals surface area (Å²) in [6.45, 7) is 3.52. The normalized spacial score (nSPS) is 28.4. The molecule has 0 spiro atoms. The fraction of sp³-hybridized carbons (Fsp3) is 0.857. The zero-order valence-corrected chi connectivity index (χ0v) is 7.10. The molecule has 1 atom stereocenters. The number of carbonyl (C=O) groups excluding carboxylic acids is 1. The number of piperidine rings is 1. The second kappa shape index (κ2) is 3.39. The Morgan fingerprint density at radius 1 is 1.70 bits per heavy atom. The highest BCUT2D eigenvalue weighted by Crippen LogP contribution is 2.17. The van der Waals surface area contributed by atoms with Crippen LogP contribution in [-0.4, -0.2) is 23.2 Å². The monoisotopic (exact) mass is 159 g/mol. The number of nitrogens with zero attached hydrogens (tertiary/aromatic N) is 1. The smallest absolute Gasteiger partial charge is 0.134 e. The lowest BCUT2D eigenvalue weighted by molar-refractivity contribution is -0.121. The molecule has 0 saturated carbocycles. The summed E-state index contributed by atoms with van der Waals surface area (Å²) in [5.74, 6) is 0.546. The van der Waals surface area contributed by atoms with Gasteiger partial charge in [0, 0.05) is 19.0 Å². The van der Waals surface area contributed by atoms with E-state index in [1.807, 2.05) is 4.31 Å². The molecule has 1 saturated heterocycles. The van der Waals surface area contributed by atoms with Gasteiger partial charge in [0.1, 0.15) is 5.78 Å². The fourth-order valence-corrected chi connectivity index (χ4v) is 1.63. The number of carbonyl (C=O) groups is 1. The molecule has 1 rings (SSSR count). The van der Waals surface area contributed by atoms with Gasteiger partial charge in [0.25, 0.3) is 0 Å². The summed E-state index contributed by atoms with van der Waals surface area (Å²) >= 11 is 4.20. The van der Waals surface area contributed by atoms with Crippen molar-refractivity contribution in [3.63, 3.8) is 0 Å². The molecule has 3 heteroatoms. The molecule has 0 aromatic rings. The van der Waals surface area contributed by atoms with Gasteiger partial charge in [0.2, 0.25) is 0 Å². The van der Waals surface area contributed by atoms with Crippen LogP contribution in [0.25, 0.3) is 0 Å². The van der Waals surface area contributed by atoms with Crippen molar-refractivity contribution in [3.8, 4) is 0 Å². The molecule has 0 aromatic heterocycles. The average Bonchev–Trinajstić information content (AvgIpc) is 1.88. The van der Waals surface area contributed by atoms with Crippen LogP contribution >= 0.6 is 12.8 Å². The molecular formula is C7H13NOS. The van der Waals surface area contributed by atoms with Crippen molar-refractivity contribution in [3.05, 3.63) is 0 Å². The van der Waals surface area contributed by atoms with Gasteiger partial charge in [-0.3, -0.25) is 9.10 Å². The highest BCUT2D eigenvalue weighted by molar-refractivity contribution is 7.77. The first-order valence-corrected chi connectivity index (χ1v) is 4.04. The first-order valence-electron chi connectivity index (χ1n) is 3.64. The number of hydrogen-bond acceptors (Lipinski definition) is 3. The van der Waals surface area contributed by atoms with Gasteiger partial charge < -0.3 is 0 Å². The number of ketones is 1. The van der Waals surface area contributed by atoms with E-state index in [9.17, 15) is 4.79 Å². The number of rotatable bonds is 1. The Labute approximate surface area is 67.1 Å². The molecule has 1 unspecified atom stereocenters. The lowest BCUT2D eigenvalue weighted by atomic mass is 9.96. The molecule has 0 aromatic carbocycles. The standard InChI is InChI=1S/C7H13NOS/c1-6(9)7-3-2-4-8(10)5-7/h7,10H,2-5H2,1H3. The fourth-order valence-electron chi connectivity index (χ4n) is 1.29. The Morgan fingerprint density at radius 3 is 2.80 bits per heavy atom. The van der Waals surface area contributed by atoms with E-state index in [4.69, 9.17) is 0 Å². The average molecular weight is 159 g/mol. The summed E-state index contributed by atoms with van der Waals surface area (Å²) in [7, 11) is 0. The molecule has 2 nitrogen and oxygen atoms in total. The highest BCUT2D eigenvalue weighted by Gasteiger charge is 2.20. The van der Waals surface area contributed by atoms with Gasteiger partial charge >= 0.3 is 0 Å². The van der Waals surface area contributed by atoms with Gasteiger partial charge in [-0.1, -0.05) is 12.8 Å². The van der Waals surface area contributed by atoms with E-state index < -0.39 is 0 Å². The minimum absolute atomic E-state index is 0.242. The first-order chi connectivity index (χ1) is 4.70. The Bertz CT molecular complexity index is 138. The van der Waals surface area contributed by atoms with Crippen LogP contribution in [0.1, 0.15) is 19.8 Å². The molecule has 1 fully saturated rings. The molecule has 0 amide bonds. The second-order valence-electron chi connectivity index (χ2n) is 2.86. The van der Waals surface area contributed by atoms with Crippen LogP contribution in [0.5, 0.6) is 0 Å². The number of Topliss-reactive ketones (excluding diaryl/α,β-unsaturated/α-hetero) is 1. The summed E-state index contributed by atoms with van der Waals surface area (Å²) in [4.78, 5) is 10.9. The van der Waals surface area contributed by atoms with E-state index in [2.05, 4.69) is 12.8 Å². The Kier molecular flexibility index (Phi) is 2.74. The van der Waals surface area contributed by atoms with Gasteiger partial charge in [-0.25, -0.2) is 0 Å². The van der Waals surface area contributed by atoms with Crippen molar-refractivity contribution in [1.82, 2.24) is 4.31 Å². The molecule has 1 aliphatic rings. The lowest BCUT2D eigenvalue weighted by Gasteiger charge is -2.26. The Hall–Kier alpha value is -0.0200. The Morgan fingerprint density at radius 2 is 2.40 bits per heavy atom. The molecular weight excluding hydrogens is 146 g/mol. The highest BCUT2D eigenvalue weighted by atomic mass is 32.1. The van der Waals surface area contributed by atoms with E-state index in [0.717, 1.165) is 25.9 Å². The van der Waals surface area contributed by atoms with Gasteiger partial charge in [0.15, 0.2) is 0 Å². The maximum Gasteiger partial charge on any atom is 0.134 e. The van der Waals surface area contributed by atoms with Crippen LogP contribution in [0.15, 0.2) is 0 Å². The maximum absolute atomic E-state index is 10.9. The third-order valence-corrected chi connectivity index (χ3v) is 2.34. The largest absolute Gasteiger partial charge is 0.300 e. The van der Waals surface area contributed by atoms with Crippen molar-refractivity contribution in [2.45, 2.75) is 19.8 Å². The maximum atomic E-state index is 10.9. The summed E-state index contributed by atoms with van der Waals surface area (Å²) < 4.78 is 1.93. The van der Waals surface area contributed by atoms with Crippen molar-refractivity contribution in [1.29, 1.82) is 0 Å². The van der Waals surface area contributed by atoms with Crippen LogP contribution in [-0.2, 0) is 4.79 Å². The van der Waals surface area contributed by atoms with E-state index >= 15 is 0 Å². The molecule has 0 N–H and O–H groups in total. The van der Waals surface area contributed by atoms with Crippen LogP contribution in [0, 0.1) is 5.92 Å². The van der Waals surface area contributed by atoms with Crippen molar-refractivity contribution in [2.75, 3.05) is 13.1 Å². The van der Waals surface area contributed by atoms with Crippen molar-refractivity contribution >= 4 is 18.6 Å². The molecule has 10 heavy (non-hydrogen) atoms. The van der Waals surface area contributed by atoms with Crippen molar-refractivity contribution in [2.24, 2.45) is 5.92 Å². The number of hydrogen-bond donors (Lipinski definition) is 1. The van der Waals surface area contributed by atoms with Crippen LogP contribution in [0.4, 0.5) is 0 Å². The molecule has 58 valence electrons. The second-order valence-corrected chi connectivity index (χ2v) is 3.43. The van der Waals surface area contributed by atoms with Crippen LogP contribution in [0.3, 0.4) is 0 Å². The predicted octanol–water partition coefficient (Wildman–Crippen LogP) is 1.13. The van der Waals surface area contributed by atoms with E-state index in [0.29, 0.717) is 5.78 Å². The minimum atomic E-state index is 0.242. The molecule has 0 aliphatic carbocycles. The predicted molar refractivity (Wildman–Crippen MR) is 44.0 cm³/mol. The van der Waals surface area contributed by atoms with E-state index in [-0.39, 0.29) is 5.92 Å². The first kappa shape index (κ1) is 8.08. The summed E-state index contributed by atoms with van der Waals surface area (Å²) in [6, 6.07) is 0. The number of thiol groups is 1. The van der Waals surface area contributed by atoms with Gasteiger partial charge in [0.05, 0.1) is 0 Å². The summed E-state index contributed by atoms with van der Waals surface area (Å²) in [5, 5.41) is 0. The zero-order chi connectivity index (χ0) is 7.56. The van der Waals surface area contributed by atoms with Crippen molar-refractivity contribution < 1.29 is 4.79 Å².